The lowest BCUT2D eigenvalue weighted by molar-refractivity contribution is -0.384. The number of carbonyl (C=O) groups excluding carboxylic acids is 1. The Balaban J connectivity index is 1.48. The monoisotopic (exact) mass is 489 g/mol. The number of hydrazone groups is 1. The third-order valence-electron chi connectivity index (χ3n) is 6.11. The Morgan fingerprint density at radius 1 is 0.946 bits per heavy atom. The van der Waals surface area contributed by atoms with Crippen LogP contribution in [-0.4, -0.2) is 26.8 Å². The third kappa shape index (κ3) is 4.99. The van der Waals surface area contributed by atoms with E-state index >= 15 is 0 Å². The predicted molar refractivity (Wildman–Crippen MR) is 144 cm³/mol. The SMILES string of the molecule is Cc1ccc(-n2nc(C(=O)N/N=C\c3cc([N+](=O)[O-])ccc3C)cc2-c2ccc3ccccc3c2)cc1. The second-order valence-electron chi connectivity index (χ2n) is 8.72. The number of aromatic nitrogens is 2. The van der Waals surface area contributed by atoms with Crippen molar-refractivity contribution in [1.82, 2.24) is 15.2 Å². The fourth-order valence-corrected chi connectivity index (χ4v) is 4.03. The highest BCUT2D eigenvalue weighted by molar-refractivity contribution is 5.95. The highest BCUT2D eigenvalue weighted by Crippen LogP contribution is 2.28. The largest absolute Gasteiger partial charge is 0.291 e. The molecule has 0 aliphatic heterocycles. The van der Waals surface area contributed by atoms with E-state index in [0.29, 0.717) is 5.56 Å². The maximum Gasteiger partial charge on any atom is 0.291 e. The molecule has 0 aliphatic carbocycles. The number of hydrogen-bond acceptors (Lipinski definition) is 5. The normalized spacial score (nSPS) is 11.2. The maximum atomic E-state index is 13.0. The van der Waals surface area contributed by atoms with Crippen molar-refractivity contribution in [2.45, 2.75) is 13.8 Å². The minimum Gasteiger partial charge on any atom is -0.265 e. The van der Waals surface area contributed by atoms with Crippen molar-refractivity contribution in [3.63, 3.8) is 0 Å². The minimum atomic E-state index is -0.493. The summed E-state index contributed by atoms with van der Waals surface area (Å²) in [6.07, 6.45) is 1.39. The van der Waals surface area contributed by atoms with E-state index in [1.807, 2.05) is 68.4 Å². The molecule has 8 nitrogen and oxygen atoms in total. The number of rotatable bonds is 6. The van der Waals surface area contributed by atoms with Gasteiger partial charge in [0.25, 0.3) is 11.6 Å². The van der Waals surface area contributed by atoms with Gasteiger partial charge in [0.2, 0.25) is 0 Å². The molecule has 0 spiro atoms. The summed E-state index contributed by atoms with van der Waals surface area (Å²) in [4.78, 5) is 23.6. The maximum absolute atomic E-state index is 13.0. The number of nitro groups is 1. The van der Waals surface area contributed by atoms with E-state index in [-0.39, 0.29) is 11.4 Å². The molecular formula is C29H23N5O3. The zero-order valence-electron chi connectivity index (χ0n) is 20.3. The zero-order chi connectivity index (χ0) is 25.9. The first-order valence-electron chi connectivity index (χ1n) is 11.6. The van der Waals surface area contributed by atoms with Gasteiger partial charge in [0.15, 0.2) is 5.69 Å². The van der Waals surface area contributed by atoms with Gasteiger partial charge in [-0.1, -0.05) is 60.2 Å². The third-order valence-corrected chi connectivity index (χ3v) is 6.11. The number of fused-ring (bicyclic) bond motifs is 1. The summed E-state index contributed by atoms with van der Waals surface area (Å²) in [6, 6.07) is 28.3. The summed E-state index contributed by atoms with van der Waals surface area (Å²) in [7, 11) is 0. The lowest BCUT2D eigenvalue weighted by Crippen LogP contribution is -2.18. The summed E-state index contributed by atoms with van der Waals surface area (Å²) in [5.41, 5.74) is 7.59. The average Bonchev–Trinajstić information content (AvgIpc) is 3.35. The van der Waals surface area contributed by atoms with Gasteiger partial charge in [-0.2, -0.15) is 10.2 Å². The predicted octanol–water partition coefficient (Wildman–Crippen LogP) is 5.98. The van der Waals surface area contributed by atoms with Crippen LogP contribution >= 0.6 is 0 Å². The van der Waals surface area contributed by atoms with Crippen molar-refractivity contribution in [3.05, 3.63) is 123 Å². The second-order valence-corrected chi connectivity index (χ2v) is 8.72. The van der Waals surface area contributed by atoms with Crippen LogP contribution in [0.2, 0.25) is 0 Å². The lowest BCUT2D eigenvalue weighted by atomic mass is 10.0. The Morgan fingerprint density at radius 3 is 2.46 bits per heavy atom. The molecule has 37 heavy (non-hydrogen) atoms. The number of aryl methyl sites for hydroxylation is 2. The first-order valence-corrected chi connectivity index (χ1v) is 11.6. The molecule has 1 N–H and O–H groups in total. The first kappa shape index (κ1) is 23.6. The molecule has 1 aromatic heterocycles. The van der Waals surface area contributed by atoms with Gasteiger partial charge in [-0.05, 0) is 54.4 Å². The highest BCUT2D eigenvalue weighted by Gasteiger charge is 2.17. The number of benzene rings is 4. The van der Waals surface area contributed by atoms with Gasteiger partial charge in [0.05, 0.1) is 22.5 Å². The Morgan fingerprint density at radius 2 is 1.70 bits per heavy atom. The van der Waals surface area contributed by atoms with Gasteiger partial charge in [-0.25, -0.2) is 10.1 Å². The average molecular weight is 490 g/mol. The number of amides is 1. The van der Waals surface area contributed by atoms with E-state index in [1.165, 1.54) is 18.3 Å². The lowest BCUT2D eigenvalue weighted by Gasteiger charge is -2.09. The number of non-ortho nitro benzene ring substituents is 1. The summed E-state index contributed by atoms with van der Waals surface area (Å²) in [5.74, 6) is -0.493. The van der Waals surface area contributed by atoms with Gasteiger partial charge < -0.3 is 0 Å². The van der Waals surface area contributed by atoms with E-state index in [4.69, 9.17) is 0 Å². The molecule has 1 heterocycles. The standard InChI is InChI=1S/C29H23N5O3/c1-19-7-12-25(13-8-19)33-28(23-11-10-21-5-3-4-6-22(21)15-23)17-27(32-33)29(35)31-30-18-24-16-26(34(36)37)14-9-20(24)2/h3-18H,1-2H3,(H,31,35)/b30-18-. The summed E-state index contributed by atoms with van der Waals surface area (Å²) in [6.45, 7) is 3.82. The number of nitrogens with zero attached hydrogens (tertiary/aromatic N) is 4. The van der Waals surface area contributed by atoms with Crippen molar-refractivity contribution in [1.29, 1.82) is 0 Å². The number of nitro benzene ring substituents is 1. The Labute approximate surface area is 213 Å². The summed E-state index contributed by atoms with van der Waals surface area (Å²) in [5, 5.41) is 21.9. The zero-order valence-corrected chi connectivity index (χ0v) is 20.3. The van der Waals surface area contributed by atoms with Crippen LogP contribution in [0.15, 0.2) is 96.1 Å². The fourth-order valence-electron chi connectivity index (χ4n) is 4.03. The minimum absolute atomic E-state index is 0.0461. The Bertz CT molecular complexity index is 1670. The molecule has 0 unspecified atom stereocenters. The van der Waals surface area contributed by atoms with Gasteiger partial charge >= 0.3 is 0 Å². The Kier molecular flexibility index (Phi) is 6.30. The van der Waals surface area contributed by atoms with Crippen LogP contribution in [0.4, 0.5) is 5.69 Å². The molecule has 0 aliphatic rings. The van der Waals surface area contributed by atoms with Crippen LogP contribution in [0.3, 0.4) is 0 Å². The first-order chi connectivity index (χ1) is 17.9. The van der Waals surface area contributed by atoms with Crippen molar-refractivity contribution < 1.29 is 9.72 Å². The van der Waals surface area contributed by atoms with Gasteiger partial charge in [-0.3, -0.25) is 14.9 Å². The van der Waals surface area contributed by atoms with Gasteiger partial charge in [0, 0.05) is 23.3 Å². The van der Waals surface area contributed by atoms with E-state index in [9.17, 15) is 14.9 Å². The second kappa shape index (κ2) is 9.87. The number of hydrogen-bond donors (Lipinski definition) is 1. The molecule has 0 saturated carbocycles. The van der Waals surface area contributed by atoms with E-state index in [2.05, 4.69) is 27.8 Å². The number of carbonyl (C=O) groups is 1. The summed E-state index contributed by atoms with van der Waals surface area (Å²) < 4.78 is 1.74. The Hall–Kier alpha value is -5.11. The fraction of sp³-hybridized carbons (Fsp3) is 0.0690. The molecular weight excluding hydrogens is 466 g/mol. The van der Waals surface area contributed by atoms with Crippen molar-refractivity contribution >= 4 is 28.6 Å². The van der Waals surface area contributed by atoms with Crippen LogP contribution in [0.1, 0.15) is 27.2 Å². The molecule has 5 aromatic rings. The van der Waals surface area contributed by atoms with Crippen LogP contribution in [0, 0.1) is 24.0 Å². The van der Waals surface area contributed by atoms with Crippen molar-refractivity contribution in [2.24, 2.45) is 5.10 Å². The van der Waals surface area contributed by atoms with Gasteiger partial charge in [-0.15, -0.1) is 0 Å². The molecule has 8 heteroatoms. The molecule has 4 aromatic carbocycles. The molecule has 0 bridgehead atoms. The van der Waals surface area contributed by atoms with Crippen molar-refractivity contribution in [2.75, 3.05) is 0 Å². The summed E-state index contributed by atoms with van der Waals surface area (Å²) >= 11 is 0. The molecule has 0 radical (unpaired) electrons. The molecule has 1 amide bonds. The van der Waals surface area contributed by atoms with E-state index in [1.54, 1.807) is 16.8 Å². The van der Waals surface area contributed by atoms with Crippen molar-refractivity contribution in [3.8, 4) is 16.9 Å². The van der Waals surface area contributed by atoms with Crippen LogP contribution < -0.4 is 5.43 Å². The highest BCUT2D eigenvalue weighted by atomic mass is 16.6. The smallest absolute Gasteiger partial charge is 0.265 e. The molecule has 182 valence electrons. The topological polar surface area (TPSA) is 102 Å². The van der Waals surface area contributed by atoms with Crippen LogP contribution in [-0.2, 0) is 0 Å². The van der Waals surface area contributed by atoms with E-state index < -0.39 is 10.8 Å². The molecule has 0 saturated heterocycles. The molecule has 5 rings (SSSR count). The van der Waals surface area contributed by atoms with Crippen LogP contribution in [0.5, 0.6) is 0 Å². The van der Waals surface area contributed by atoms with Crippen LogP contribution in [0.25, 0.3) is 27.7 Å². The number of nitrogens with one attached hydrogen (secondary N) is 1. The van der Waals surface area contributed by atoms with Gasteiger partial charge in [0.1, 0.15) is 0 Å². The van der Waals surface area contributed by atoms with E-state index in [0.717, 1.165) is 38.8 Å². The molecule has 0 fully saturated rings. The quantitative estimate of drug-likeness (QED) is 0.180. The molecule has 0 atom stereocenters.